The molecule has 8 nitrogen and oxygen atoms in total. The summed E-state index contributed by atoms with van der Waals surface area (Å²) in [4.78, 5) is 21.3. The fraction of sp³-hybridized carbons (Fsp3) is 0.618. The van der Waals surface area contributed by atoms with E-state index in [0.717, 1.165) is 47.8 Å². The van der Waals surface area contributed by atoms with E-state index in [2.05, 4.69) is 63.7 Å². The van der Waals surface area contributed by atoms with Crippen molar-refractivity contribution >= 4 is 17.0 Å². The highest BCUT2D eigenvalue weighted by molar-refractivity contribution is 5.74. The molecule has 0 atom stereocenters. The minimum absolute atomic E-state index is 0.154. The number of aromatic nitrogens is 3. The fourth-order valence-corrected chi connectivity index (χ4v) is 6.86. The van der Waals surface area contributed by atoms with E-state index in [-0.39, 0.29) is 46.8 Å². The number of ether oxygens (including phenoxy) is 1. The lowest BCUT2D eigenvalue weighted by Crippen LogP contribution is -2.63. The van der Waals surface area contributed by atoms with Crippen LogP contribution in [0, 0.1) is 0 Å². The van der Waals surface area contributed by atoms with Crippen LogP contribution in [0.4, 0.5) is 0 Å². The number of hydrogen-bond acceptors (Lipinski definition) is 7. The Kier molecular flexibility index (Phi) is 8.42. The van der Waals surface area contributed by atoms with Crippen molar-refractivity contribution in [2.75, 3.05) is 0 Å². The minimum atomic E-state index is -0.313. The first-order chi connectivity index (χ1) is 19.7. The molecule has 2 aliphatic rings. The Morgan fingerprint density at radius 1 is 0.952 bits per heavy atom. The normalized spacial score (nSPS) is 20.2. The lowest BCUT2D eigenvalue weighted by Gasteiger charge is -2.54. The molecule has 1 N–H and O–H groups in total. The molecule has 5 rings (SSSR count). The maximum atomic E-state index is 13.2. The van der Waals surface area contributed by atoms with E-state index in [1.807, 2.05) is 36.4 Å². The van der Waals surface area contributed by atoms with E-state index < -0.39 is 0 Å². The number of carbonyl (C=O) groups is 1. The fourth-order valence-electron chi connectivity index (χ4n) is 6.86. The van der Waals surface area contributed by atoms with Gasteiger partial charge in [0.2, 0.25) is 0 Å². The van der Waals surface area contributed by atoms with Gasteiger partial charge >= 0.3 is 5.97 Å². The number of aromatic hydroxyl groups is 1. The smallest absolute Gasteiger partial charge is 0.306 e. The molecule has 1 aliphatic carbocycles. The zero-order chi connectivity index (χ0) is 30.3. The van der Waals surface area contributed by atoms with E-state index in [4.69, 9.17) is 9.57 Å². The summed E-state index contributed by atoms with van der Waals surface area (Å²) in [6, 6.07) is 11.5. The lowest BCUT2D eigenvalue weighted by atomic mass is 9.80. The van der Waals surface area contributed by atoms with Crippen LogP contribution in [0.3, 0.4) is 0 Å². The van der Waals surface area contributed by atoms with Gasteiger partial charge in [-0.15, -0.1) is 15.0 Å². The summed E-state index contributed by atoms with van der Waals surface area (Å²) >= 11 is 0. The second kappa shape index (κ2) is 11.6. The van der Waals surface area contributed by atoms with E-state index in [9.17, 15) is 9.90 Å². The molecule has 1 saturated carbocycles. The van der Waals surface area contributed by atoms with Crippen molar-refractivity contribution in [3.8, 4) is 11.4 Å². The van der Waals surface area contributed by atoms with Gasteiger partial charge in [-0.1, -0.05) is 58.2 Å². The number of phenolic OH excluding ortho intramolecular Hbond substituents is 1. The number of hydrogen-bond donors (Lipinski definition) is 1. The molecule has 2 fully saturated rings. The monoisotopic (exact) mass is 576 g/mol. The highest BCUT2D eigenvalue weighted by atomic mass is 16.7. The van der Waals surface area contributed by atoms with Crippen LogP contribution in [0.15, 0.2) is 36.4 Å². The molecule has 0 bridgehead atoms. The minimum Gasteiger partial charge on any atom is -0.505 e. The summed E-state index contributed by atoms with van der Waals surface area (Å²) < 4.78 is 6.10. The first-order valence-electron chi connectivity index (χ1n) is 15.6. The second-order valence-electron chi connectivity index (χ2n) is 14.5. The summed E-state index contributed by atoms with van der Waals surface area (Å²) in [5, 5.41) is 22.6. The Bertz CT molecular complexity index is 1360. The standard InChI is InChI=1S/C34H48N4O4/c1-32(2,3)26-19-23(20-29(31(26)40)37-35-27-15-11-12-16-28(27)36-37)17-18-30(39)41-25-21-33(4,5)38(34(6,7)22-25)42-24-13-9-8-10-14-24/h11-12,15-16,19-20,24-25,40H,8-10,13-14,17-18,21-22H2,1-7H3. The van der Waals surface area contributed by atoms with Gasteiger partial charge in [-0.05, 0) is 76.1 Å². The third-order valence-electron chi connectivity index (χ3n) is 8.74. The van der Waals surface area contributed by atoms with E-state index in [0.29, 0.717) is 12.1 Å². The van der Waals surface area contributed by atoms with Crippen molar-refractivity contribution in [3.63, 3.8) is 0 Å². The second-order valence-corrected chi connectivity index (χ2v) is 14.5. The summed E-state index contributed by atoms with van der Waals surface area (Å²) in [6.07, 6.45) is 8.29. The summed E-state index contributed by atoms with van der Waals surface area (Å²) in [5.74, 6) is -0.0519. The van der Waals surface area contributed by atoms with Gasteiger partial charge in [0.1, 0.15) is 28.6 Å². The van der Waals surface area contributed by atoms with E-state index in [1.54, 1.807) is 0 Å². The third-order valence-corrected chi connectivity index (χ3v) is 8.74. The molecule has 1 saturated heterocycles. The third kappa shape index (κ3) is 6.65. The number of piperidine rings is 1. The van der Waals surface area contributed by atoms with Gasteiger partial charge in [0.05, 0.1) is 6.10 Å². The van der Waals surface area contributed by atoms with Gasteiger partial charge in [-0.3, -0.25) is 9.63 Å². The molecule has 0 amide bonds. The predicted octanol–water partition coefficient (Wildman–Crippen LogP) is 7.19. The molecule has 2 aromatic carbocycles. The van der Waals surface area contributed by atoms with Crippen LogP contribution < -0.4 is 0 Å². The molecular formula is C34H48N4O4. The van der Waals surface area contributed by atoms with Crippen molar-refractivity contribution in [2.45, 2.75) is 135 Å². The number of hydroxylamine groups is 2. The summed E-state index contributed by atoms with van der Waals surface area (Å²) in [7, 11) is 0. The van der Waals surface area contributed by atoms with Crippen molar-refractivity contribution in [1.29, 1.82) is 0 Å². The molecule has 2 heterocycles. The van der Waals surface area contributed by atoms with E-state index >= 15 is 0 Å². The number of carbonyl (C=O) groups excluding carboxylic acids is 1. The quantitative estimate of drug-likeness (QED) is 0.298. The van der Waals surface area contributed by atoms with Crippen molar-refractivity contribution in [3.05, 3.63) is 47.5 Å². The topological polar surface area (TPSA) is 89.7 Å². The highest BCUT2D eigenvalue weighted by Gasteiger charge is 2.48. The van der Waals surface area contributed by atoms with Crippen LogP contribution in [0.5, 0.6) is 5.75 Å². The molecule has 3 aromatic rings. The Hall–Kier alpha value is -2.97. The van der Waals surface area contributed by atoms with Crippen LogP contribution in [-0.2, 0) is 26.2 Å². The number of rotatable bonds is 7. The van der Waals surface area contributed by atoms with Gasteiger partial charge in [-0.2, -0.15) is 5.06 Å². The van der Waals surface area contributed by atoms with Crippen LogP contribution in [-0.4, -0.2) is 54.4 Å². The molecule has 0 unspecified atom stereocenters. The summed E-state index contributed by atoms with van der Waals surface area (Å²) in [6.45, 7) is 14.9. The van der Waals surface area contributed by atoms with E-state index in [1.165, 1.54) is 24.1 Å². The van der Waals surface area contributed by atoms with Gasteiger partial charge < -0.3 is 9.84 Å². The Morgan fingerprint density at radius 3 is 2.12 bits per heavy atom. The van der Waals surface area contributed by atoms with Crippen molar-refractivity contribution < 1.29 is 19.5 Å². The van der Waals surface area contributed by atoms with Gasteiger partial charge in [0.15, 0.2) is 0 Å². The first-order valence-corrected chi connectivity index (χ1v) is 15.6. The number of benzene rings is 2. The molecule has 8 heteroatoms. The average Bonchev–Trinajstić information content (AvgIpc) is 3.34. The molecular weight excluding hydrogens is 528 g/mol. The first kappa shape index (κ1) is 30.5. The largest absolute Gasteiger partial charge is 0.505 e. The molecule has 1 aliphatic heterocycles. The maximum absolute atomic E-state index is 13.2. The molecule has 228 valence electrons. The summed E-state index contributed by atoms with van der Waals surface area (Å²) in [5.41, 5.74) is 2.92. The van der Waals surface area contributed by atoms with Crippen LogP contribution >= 0.6 is 0 Å². The molecule has 0 spiro atoms. The van der Waals surface area contributed by atoms with Crippen LogP contribution in [0.25, 0.3) is 16.7 Å². The number of esters is 1. The highest BCUT2D eigenvalue weighted by Crippen LogP contribution is 2.42. The zero-order valence-electron chi connectivity index (χ0n) is 26.4. The van der Waals surface area contributed by atoms with Crippen molar-refractivity contribution in [1.82, 2.24) is 20.1 Å². The molecule has 1 aromatic heterocycles. The average molecular weight is 577 g/mol. The van der Waals surface area contributed by atoms with Gasteiger partial charge in [0, 0.05) is 35.9 Å². The Labute approximate surface area is 250 Å². The van der Waals surface area contributed by atoms with Crippen LogP contribution in [0.2, 0.25) is 0 Å². The van der Waals surface area contributed by atoms with Gasteiger partial charge in [0.25, 0.3) is 0 Å². The Balaban J connectivity index is 1.28. The van der Waals surface area contributed by atoms with Gasteiger partial charge in [-0.25, -0.2) is 0 Å². The van der Waals surface area contributed by atoms with Crippen LogP contribution in [0.1, 0.15) is 111 Å². The van der Waals surface area contributed by atoms with Crippen molar-refractivity contribution in [2.24, 2.45) is 0 Å². The zero-order valence-corrected chi connectivity index (χ0v) is 26.4. The Morgan fingerprint density at radius 2 is 1.55 bits per heavy atom. The predicted molar refractivity (Wildman–Crippen MR) is 165 cm³/mol. The number of nitrogens with zero attached hydrogens (tertiary/aromatic N) is 4. The molecule has 0 radical (unpaired) electrons. The SMILES string of the molecule is CC(C)(C)c1cc(CCC(=O)OC2CC(C)(C)N(OC3CCCCC3)C(C)(C)C2)cc(-n2nc3ccccc3n2)c1O. The molecule has 42 heavy (non-hydrogen) atoms. The number of aryl methyl sites for hydroxylation is 1. The lowest BCUT2D eigenvalue weighted by molar-refractivity contribution is -0.318. The number of phenols is 1. The number of fused-ring (bicyclic) bond motifs is 1. The maximum Gasteiger partial charge on any atom is 0.306 e.